The van der Waals surface area contributed by atoms with E-state index in [0.29, 0.717) is 6.04 Å². The topological polar surface area (TPSA) is 53.1 Å². The van der Waals surface area contributed by atoms with Gasteiger partial charge in [0.25, 0.3) is 0 Å². The fraction of sp³-hybridized carbons (Fsp3) is 0.692. The Morgan fingerprint density at radius 1 is 1.39 bits per heavy atom. The molecule has 1 aliphatic heterocycles. The molecular weight excluding hydrogens is 226 g/mol. The summed E-state index contributed by atoms with van der Waals surface area (Å²) in [6.45, 7) is 9.48. The van der Waals surface area contributed by atoms with Gasteiger partial charge in [-0.25, -0.2) is 4.98 Å². The predicted octanol–water partition coefficient (Wildman–Crippen LogP) is 1.34. The summed E-state index contributed by atoms with van der Waals surface area (Å²) < 4.78 is 0. The largest absolute Gasteiger partial charge is 0.354 e. The smallest absolute Gasteiger partial charge is 0.224 e. The molecule has 0 bridgehead atoms. The Labute approximate surface area is 109 Å². The van der Waals surface area contributed by atoms with Crippen LogP contribution in [-0.4, -0.2) is 42.7 Å². The average molecular weight is 249 g/mol. The van der Waals surface area contributed by atoms with Gasteiger partial charge in [-0.05, 0) is 18.5 Å². The van der Waals surface area contributed by atoms with Gasteiger partial charge in [0.1, 0.15) is 5.82 Å². The quantitative estimate of drug-likeness (QED) is 0.843. The van der Waals surface area contributed by atoms with Crippen LogP contribution in [0.15, 0.2) is 12.3 Å². The number of hydrogen-bond donors (Lipinski definition) is 2. The molecule has 2 N–H and O–H groups in total. The molecule has 0 radical (unpaired) electrons. The second-order valence-corrected chi connectivity index (χ2v) is 6.04. The van der Waals surface area contributed by atoms with Gasteiger partial charge in [-0.15, -0.1) is 0 Å². The number of aromatic nitrogens is 2. The van der Waals surface area contributed by atoms with Crippen molar-refractivity contribution < 1.29 is 0 Å². The van der Waals surface area contributed by atoms with E-state index in [1.807, 2.05) is 19.3 Å². The molecule has 5 nitrogen and oxygen atoms in total. The summed E-state index contributed by atoms with van der Waals surface area (Å²) in [5.74, 6) is 1.73. The molecule has 1 aliphatic rings. The molecular formula is C13H23N5. The molecule has 2 rings (SSSR count). The van der Waals surface area contributed by atoms with Crippen molar-refractivity contribution >= 4 is 11.8 Å². The molecule has 0 amide bonds. The van der Waals surface area contributed by atoms with Crippen molar-refractivity contribution in [1.29, 1.82) is 0 Å². The van der Waals surface area contributed by atoms with Crippen molar-refractivity contribution in [1.82, 2.24) is 15.3 Å². The Bertz CT molecular complexity index is 393. The van der Waals surface area contributed by atoms with E-state index in [9.17, 15) is 0 Å². The molecule has 100 valence electrons. The molecule has 1 aromatic rings. The predicted molar refractivity (Wildman–Crippen MR) is 75.0 cm³/mol. The van der Waals surface area contributed by atoms with Crippen LogP contribution in [0, 0.1) is 5.41 Å². The van der Waals surface area contributed by atoms with E-state index in [0.717, 1.165) is 31.4 Å². The summed E-state index contributed by atoms with van der Waals surface area (Å²) in [5.41, 5.74) is 0.230. The van der Waals surface area contributed by atoms with E-state index in [2.05, 4.69) is 46.3 Å². The number of rotatable bonds is 4. The van der Waals surface area contributed by atoms with Crippen LogP contribution in [0.4, 0.5) is 11.8 Å². The highest BCUT2D eigenvalue weighted by Gasteiger charge is 2.26. The fourth-order valence-electron chi connectivity index (χ4n) is 1.80. The lowest BCUT2D eigenvalue weighted by Gasteiger charge is -2.39. The lowest BCUT2D eigenvalue weighted by molar-refractivity contribution is 0.440. The maximum atomic E-state index is 4.54. The maximum Gasteiger partial charge on any atom is 0.224 e. The highest BCUT2D eigenvalue weighted by atomic mass is 15.3. The van der Waals surface area contributed by atoms with Crippen LogP contribution in [0.5, 0.6) is 0 Å². The highest BCUT2D eigenvalue weighted by molar-refractivity contribution is 5.45. The molecule has 0 aromatic carbocycles. The zero-order valence-corrected chi connectivity index (χ0v) is 11.7. The molecule has 0 saturated carbocycles. The Hall–Kier alpha value is -1.36. The van der Waals surface area contributed by atoms with E-state index in [1.165, 1.54) is 0 Å². The number of anilines is 2. The maximum absolute atomic E-state index is 4.54. The second-order valence-electron chi connectivity index (χ2n) is 6.04. The van der Waals surface area contributed by atoms with Crippen molar-refractivity contribution in [3.05, 3.63) is 12.3 Å². The number of likely N-dealkylation sites (N-methyl/N-ethyl adjacent to an activating group) is 1. The first-order chi connectivity index (χ1) is 8.48. The molecule has 0 atom stereocenters. The Kier molecular flexibility index (Phi) is 3.71. The van der Waals surface area contributed by atoms with Gasteiger partial charge in [0.15, 0.2) is 0 Å². The van der Waals surface area contributed by atoms with Crippen molar-refractivity contribution in [3.8, 4) is 0 Å². The Morgan fingerprint density at radius 2 is 2.11 bits per heavy atom. The SMILES string of the molecule is CNC1CN(c2ccnc(NCC(C)(C)C)n2)C1. The number of hydrogen-bond acceptors (Lipinski definition) is 5. The average Bonchev–Trinajstić information content (AvgIpc) is 2.25. The van der Waals surface area contributed by atoms with Gasteiger partial charge in [-0.1, -0.05) is 20.8 Å². The van der Waals surface area contributed by atoms with Crippen LogP contribution in [0.3, 0.4) is 0 Å². The van der Waals surface area contributed by atoms with Crippen LogP contribution in [-0.2, 0) is 0 Å². The first-order valence-electron chi connectivity index (χ1n) is 6.47. The van der Waals surface area contributed by atoms with E-state index in [-0.39, 0.29) is 5.41 Å². The lowest BCUT2D eigenvalue weighted by Crippen LogP contribution is -2.57. The Balaban J connectivity index is 1.94. The van der Waals surface area contributed by atoms with Gasteiger partial charge in [0, 0.05) is 31.9 Å². The van der Waals surface area contributed by atoms with Crippen molar-refractivity contribution in [2.45, 2.75) is 26.8 Å². The molecule has 18 heavy (non-hydrogen) atoms. The van der Waals surface area contributed by atoms with Crippen molar-refractivity contribution in [2.24, 2.45) is 5.41 Å². The Morgan fingerprint density at radius 3 is 2.72 bits per heavy atom. The van der Waals surface area contributed by atoms with Crippen molar-refractivity contribution in [2.75, 3.05) is 36.9 Å². The minimum absolute atomic E-state index is 0.230. The molecule has 0 spiro atoms. The molecule has 1 aromatic heterocycles. The summed E-state index contributed by atoms with van der Waals surface area (Å²) in [6, 6.07) is 2.56. The summed E-state index contributed by atoms with van der Waals surface area (Å²) in [4.78, 5) is 11.1. The third-order valence-corrected chi connectivity index (χ3v) is 3.03. The van der Waals surface area contributed by atoms with Gasteiger partial charge in [0.2, 0.25) is 5.95 Å². The highest BCUT2D eigenvalue weighted by Crippen LogP contribution is 2.19. The minimum atomic E-state index is 0.230. The van der Waals surface area contributed by atoms with Crippen LogP contribution < -0.4 is 15.5 Å². The van der Waals surface area contributed by atoms with Gasteiger partial charge < -0.3 is 15.5 Å². The zero-order chi connectivity index (χ0) is 13.2. The zero-order valence-electron chi connectivity index (χ0n) is 11.7. The van der Waals surface area contributed by atoms with Crippen LogP contribution in [0.25, 0.3) is 0 Å². The molecule has 1 saturated heterocycles. The second kappa shape index (κ2) is 5.10. The van der Waals surface area contributed by atoms with E-state index in [1.54, 1.807) is 0 Å². The number of nitrogens with one attached hydrogen (secondary N) is 2. The monoisotopic (exact) mass is 249 g/mol. The summed E-state index contributed by atoms with van der Waals surface area (Å²) >= 11 is 0. The number of nitrogens with zero attached hydrogens (tertiary/aromatic N) is 3. The van der Waals surface area contributed by atoms with Crippen LogP contribution in [0.2, 0.25) is 0 Å². The van der Waals surface area contributed by atoms with Gasteiger partial charge in [0.05, 0.1) is 0 Å². The fourth-order valence-corrected chi connectivity index (χ4v) is 1.80. The normalized spacial score (nSPS) is 16.6. The molecule has 5 heteroatoms. The van der Waals surface area contributed by atoms with E-state index < -0.39 is 0 Å². The summed E-state index contributed by atoms with van der Waals surface area (Å²) in [7, 11) is 2.00. The van der Waals surface area contributed by atoms with Gasteiger partial charge >= 0.3 is 0 Å². The molecule has 0 unspecified atom stereocenters. The third kappa shape index (κ3) is 3.32. The van der Waals surface area contributed by atoms with Gasteiger partial charge in [-0.3, -0.25) is 0 Å². The van der Waals surface area contributed by atoms with Gasteiger partial charge in [-0.2, -0.15) is 4.98 Å². The summed E-state index contributed by atoms with van der Waals surface area (Å²) in [6.07, 6.45) is 1.82. The standard InChI is InChI=1S/C13H23N5/c1-13(2,3)9-16-12-15-6-5-11(17-12)18-7-10(8-18)14-4/h5-6,10,14H,7-9H2,1-4H3,(H,15,16,17). The first kappa shape index (κ1) is 13.1. The molecule has 2 heterocycles. The van der Waals surface area contributed by atoms with Crippen molar-refractivity contribution in [3.63, 3.8) is 0 Å². The minimum Gasteiger partial charge on any atom is -0.354 e. The van der Waals surface area contributed by atoms with E-state index in [4.69, 9.17) is 0 Å². The van der Waals surface area contributed by atoms with Crippen LogP contribution >= 0.6 is 0 Å². The summed E-state index contributed by atoms with van der Waals surface area (Å²) in [5, 5.41) is 6.55. The third-order valence-electron chi connectivity index (χ3n) is 3.03. The van der Waals surface area contributed by atoms with Crippen LogP contribution in [0.1, 0.15) is 20.8 Å². The molecule has 0 aliphatic carbocycles. The lowest BCUT2D eigenvalue weighted by atomic mass is 9.97. The molecule has 1 fully saturated rings. The first-order valence-corrected chi connectivity index (χ1v) is 6.47. The van der Waals surface area contributed by atoms with E-state index >= 15 is 0 Å².